The number of fused-ring (bicyclic) bond motifs is 9. The number of nitrogens with one attached hydrogen (secondary N) is 2. The van der Waals surface area contributed by atoms with Gasteiger partial charge in [-0.1, -0.05) is 6.42 Å². The van der Waals surface area contributed by atoms with Crippen molar-refractivity contribution >= 4 is 0 Å². The van der Waals surface area contributed by atoms with E-state index in [2.05, 4.69) is 15.5 Å². The van der Waals surface area contributed by atoms with Gasteiger partial charge >= 0.3 is 0 Å². The van der Waals surface area contributed by atoms with Gasteiger partial charge in [0, 0.05) is 18.1 Å². The Balaban J connectivity index is 0.0000000879. The quantitative estimate of drug-likeness (QED) is 0.574. The van der Waals surface area contributed by atoms with E-state index in [0.29, 0.717) is 12.2 Å². The zero-order valence-electron chi connectivity index (χ0n) is 20.0. The van der Waals surface area contributed by atoms with E-state index in [4.69, 9.17) is 4.74 Å². The Hall–Kier alpha value is -0.160. The van der Waals surface area contributed by atoms with Crippen molar-refractivity contribution in [3.63, 3.8) is 0 Å². The van der Waals surface area contributed by atoms with E-state index < -0.39 is 0 Å². The predicted octanol–water partition coefficient (Wildman–Crippen LogP) is 4.87. The molecule has 0 aromatic carbocycles. The molecule has 0 radical (unpaired) electrons. The highest BCUT2D eigenvalue weighted by Gasteiger charge is 2.31. The molecule has 0 spiro atoms. The van der Waals surface area contributed by atoms with E-state index in [9.17, 15) is 0 Å². The Morgan fingerprint density at radius 2 is 1.16 bits per heavy atom. The molecule has 1 saturated carbocycles. The van der Waals surface area contributed by atoms with Crippen molar-refractivity contribution in [2.75, 3.05) is 26.2 Å². The van der Waals surface area contributed by atoms with Crippen LogP contribution in [0.1, 0.15) is 103 Å². The minimum atomic E-state index is 0.671. The van der Waals surface area contributed by atoms with Crippen molar-refractivity contribution in [1.82, 2.24) is 15.5 Å². The van der Waals surface area contributed by atoms with Gasteiger partial charge in [-0.15, -0.1) is 0 Å². The molecule has 9 rings (SSSR count). The summed E-state index contributed by atoms with van der Waals surface area (Å²) in [7, 11) is 0. The van der Waals surface area contributed by atoms with Gasteiger partial charge in [-0.25, -0.2) is 0 Å². The standard InChI is InChI=1S/3C7H13N.C6H10O/c1-4-8-5-2-7(1)3-6-8;1-2-7-5-6(1)3-4-8-7;1-2-6-4-5-7(3-1)8-6;1-2-6-4-3-5(1)7-6/h7H,1-6H2;2*6-8H,1-5H2;5-6H,1-4H2. The van der Waals surface area contributed by atoms with Gasteiger partial charge in [0.15, 0.2) is 0 Å². The van der Waals surface area contributed by atoms with Gasteiger partial charge in [0.05, 0.1) is 12.2 Å². The molecule has 9 aliphatic rings. The van der Waals surface area contributed by atoms with Gasteiger partial charge in [-0.2, -0.15) is 0 Å². The average molecular weight is 432 g/mol. The Kier molecular flexibility index (Phi) is 8.26. The second-order valence-corrected chi connectivity index (χ2v) is 11.8. The first kappa shape index (κ1) is 22.6. The molecule has 4 atom stereocenters. The molecule has 1 aliphatic carbocycles. The van der Waals surface area contributed by atoms with Crippen molar-refractivity contribution in [1.29, 1.82) is 0 Å². The van der Waals surface area contributed by atoms with Crippen LogP contribution >= 0.6 is 0 Å². The number of rotatable bonds is 0. The Morgan fingerprint density at radius 3 is 1.55 bits per heavy atom. The molecule has 8 bridgehead atoms. The molecule has 2 N–H and O–H groups in total. The van der Waals surface area contributed by atoms with E-state index >= 15 is 0 Å². The van der Waals surface area contributed by atoms with E-state index in [1.165, 1.54) is 129 Å². The first-order valence-corrected chi connectivity index (χ1v) is 14.2. The molecule has 8 heterocycles. The lowest BCUT2D eigenvalue weighted by atomic mass is 9.89. The van der Waals surface area contributed by atoms with Crippen molar-refractivity contribution in [2.45, 2.75) is 133 Å². The highest BCUT2D eigenvalue weighted by Crippen LogP contribution is 2.33. The minimum absolute atomic E-state index is 0.671. The van der Waals surface area contributed by atoms with Crippen molar-refractivity contribution in [3.8, 4) is 0 Å². The van der Waals surface area contributed by atoms with Crippen LogP contribution in [0.2, 0.25) is 0 Å². The molecule has 4 heteroatoms. The third kappa shape index (κ3) is 6.68. The molecule has 8 aliphatic heterocycles. The van der Waals surface area contributed by atoms with Gasteiger partial charge in [0.25, 0.3) is 0 Å². The summed E-state index contributed by atoms with van der Waals surface area (Å²) in [5.41, 5.74) is 0. The highest BCUT2D eigenvalue weighted by atomic mass is 16.5. The number of hydrogen-bond acceptors (Lipinski definition) is 4. The summed E-state index contributed by atoms with van der Waals surface area (Å²) in [5.74, 6) is 2.21. The van der Waals surface area contributed by atoms with E-state index in [1.54, 1.807) is 0 Å². The van der Waals surface area contributed by atoms with E-state index in [0.717, 1.165) is 30.0 Å². The summed E-state index contributed by atoms with van der Waals surface area (Å²) in [4.78, 5) is 2.58. The van der Waals surface area contributed by atoms with Crippen LogP contribution in [0.25, 0.3) is 0 Å². The van der Waals surface area contributed by atoms with Crippen molar-refractivity contribution in [3.05, 3.63) is 0 Å². The molecule has 178 valence electrons. The Morgan fingerprint density at radius 1 is 0.548 bits per heavy atom. The fourth-order valence-electron chi connectivity index (χ4n) is 7.42. The highest BCUT2D eigenvalue weighted by molar-refractivity contribution is 4.88. The topological polar surface area (TPSA) is 36.5 Å². The lowest BCUT2D eigenvalue weighted by Crippen LogP contribution is -2.41. The summed E-state index contributed by atoms with van der Waals surface area (Å²) in [6.07, 6.45) is 24.3. The molecular weight excluding hydrogens is 382 g/mol. The normalized spacial score (nSPS) is 45.7. The average Bonchev–Trinajstić information content (AvgIpc) is 3.64. The zero-order chi connectivity index (χ0) is 20.9. The van der Waals surface area contributed by atoms with Crippen LogP contribution in [0.4, 0.5) is 0 Å². The van der Waals surface area contributed by atoms with Gasteiger partial charge in [-0.05, 0) is 134 Å². The molecule has 0 aromatic heterocycles. The number of hydrogen-bond donors (Lipinski definition) is 2. The maximum absolute atomic E-state index is 5.47. The molecule has 0 aromatic rings. The number of ether oxygens (including phenoxy) is 1. The van der Waals surface area contributed by atoms with E-state index in [1.807, 2.05) is 0 Å². The zero-order valence-corrected chi connectivity index (χ0v) is 20.0. The second-order valence-electron chi connectivity index (χ2n) is 11.8. The first-order chi connectivity index (χ1) is 15.3. The van der Waals surface area contributed by atoms with Crippen LogP contribution < -0.4 is 10.6 Å². The fourth-order valence-corrected chi connectivity index (χ4v) is 7.42. The van der Waals surface area contributed by atoms with Gasteiger partial charge in [0.2, 0.25) is 0 Å². The number of piperidine rings is 5. The molecular formula is C27H49N3O. The van der Waals surface area contributed by atoms with Crippen LogP contribution in [0, 0.1) is 11.8 Å². The summed E-state index contributed by atoms with van der Waals surface area (Å²) in [6, 6.07) is 2.73. The maximum atomic E-state index is 5.47. The fraction of sp³-hybridized carbons (Fsp3) is 1.00. The maximum Gasteiger partial charge on any atom is 0.0580 e. The molecule has 4 unspecified atom stereocenters. The van der Waals surface area contributed by atoms with Crippen LogP contribution in [0.5, 0.6) is 0 Å². The summed E-state index contributed by atoms with van der Waals surface area (Å²) in [5, 5.41) is 7.10. The smallest absolute Gasteiger partial charge is 0.0580 e. The Bertz CT molecular complexity index is 422. The van der Waals surface area contributed by atoms with Gasteiger partial charge in [0.1, 0.15) is 0 Å². The van der Waals surface area contributed by atoms with E-state index in [-0.39, 0.29) is 0 Å². The third-order valence-corrected chi connectivity index (χ3v) is 9.53. The minimum Gasteiger partial charge on any atom is -0.375 e. The molecule has 9 fully saturated rings. The number of nitrogens with zero attached hydrogens (tertiary/aromatic N) is 1. The van der Waals surface area contributed by atoms with Crippen LogP contribution in [0.3, 0.4) is 0 Å². The Labute approximate surface area is 191 Å². The van der Waals surface area contributed by atoms with Crippen molar-refractivity contribution < 1.29 is 4.74 Å². The predicted molar refractivity (Wildman–Crippen MR) is 128 cm³/mol. The lowest BCUT2D eigenvalue weighted by Gasteiger charge is -2.38. The first-order valence-electron chi connectivity index (χ1n) is 14.2. The van der Waals surface area contributed by atoms with Gasteiger partial charge in [-0.3, -0.25) is 0 Å². The van der Waals surface area contributed by atoms with Gasteiger partial charge < -0.3 is 20.3 Å². The van der Waals surface area contributed by atoms with Crippen LogP contribution in [0.15, 0.2) is 0 Å². The lowest BCUT2D eigenvalue weighted by molar-refractivity contribution is 0.105. The molecule has 0 amide bonds. The molecule has 4 nitrogen and oxygen atoms in total. The van der Waals surface area contributed by atoms with Crippen molar-refractivity contribution in [2.24, 2.45) is 11.8 Å². The monoisotopic (exact) mass is 431 g/mol. The second kappa shape index (κ2) is 11.3. The SMILES string of the molecule is C1CC2CCC(C1)N2.C1CC2CCC(C2)N1.C1CC2CCC1O2.C1CN2CCC1CC2. The largest absolute Gasteiger partial charge is 0.375 e. The summed E-state index contributed by atoms with van der Waals surface area (Å²) >= 11 is 0. The molecule has 31 heavy (non-hydrogen) atoms. The summed E-state index contributed by atoms with van der Waals surface area (Å²) in [6.45, 7) is 5.47. The third-order valence-electron chi connectivity index (χ3n) is 9.53. The van der Waals surface area contributed by atoms with Crippen LogP contribution in [-0.2, 0) is 4.74 Å². The van der Waals surface area contributed by atoms with Crippen LogP contribution in [-0.4, -0.2) is 61.4 Å². The summed E-state index contributed by atoms with van der Waals surface area (Å²) < 4.78 is 5.47. The molecule has 8 saturated heterocycles.